The lowest BCUT2D eigenvalue weighted by Gasteiger charge is -2.18. The van der Waals surface area contributed by atoms with Crippen LogP contribution in [-0.2, 0) is 22.2 Å². The Balaban J connectivity index is 1.73. The van der Waals surface area contributed by atoms with Crippen LogP contribution in [0.4, 0.5) is 13.2 Å². The molecule has 3 rings (SSSR count). The molecule has 9 heteroatoms. The molecule has 0 radical (unpaired) electrons. The molecule has 4 N–H and O–H groups in total. The molecule has 0 aliphatic carbocycles. The summed E-state index contributed by atoms with van der Waals surface area (Å²) in [5.41, 5.74) is 0.475. The molecule has 3 aromatic rings. The zero-order chi connectivity index (χ0) is 21.2. The number of benzene rings is 2. The normalized spacial score (nSPS) is 13.8. The number of aromatic amines is 1. The summed E-state index contributed by atoms with van der Waals surface area (Å²) in [6.45, 7) is 0. The molecule has 2 atom stereocenters. The quantitative estimate of drug-likeness (QED) is 0.505. The molecule has 2 aromatic carbocycles. The van der Waals surface area contributed by atoms with Crippen molar-refractivity contribution >= 4 is 22.8 Å². The van der Waals surface area contributed by atoms with E-state index >= 15 is 0 Å². The summed E-state index contributed by atoms with van der Waals surface area (Å²) >= 11 is 0. The first-order valence-electron chi connectivity index (χ1n) is 8.60. The number of alkyl halides is 3. The van der Waals surface area contributed by atoms with E-state index in [2.05, 4.69) is 10.3 Å². The van der Waals surface area contributed by atoms with Crippen LogP contribution in [0.25, 0.3) is 10.9 Å². The van der Waals surface area contributed by atoms with E-state index < -0.39 is 35.8 Å². The van der Waals surface area contributed by atoms with Gasteiger partial charge in [-0.25, -0.2) is 4.79 Å². The third kappa shape index (κ3) is 4.57. The fraction of sp³-hybridized carbons (Fsp3) is 0.200. The van der Waals surface area contributed by atoms with Gasteiger partial charge in [-0.2, -0.15) is 13.2 Å². The largest absolute Gasteiger partial charge is 0.480 e. The number of hydrogen-bond acceptors (Lipinski definition) is 3. The molecule has 29 heavy (non-hydrogen) atoms. The van der Waals surface area contributed by atoms with E-state index in [1.807, 2.05) is 12.1 Å². The molecule has 0 aliphatic rings. The number of hydrogen-bond donors (Lipinski definition) is 4. The van der Waals surface area contributed by atoms with Crippen LogP contribution in [0.15, 0.2) is 54.7 Å². The number of para-hydroxylation sites is 1. The second-order valence-corrected chi connectivity index (χ2v) is 6.49. The molecular weight excluding hydrogens is 389 g/mol. The summed E-state index contributed by atoms with van der Waals surface area (Å²) in [5.74, 6) is -2.32. The number of aliphatic hydroxyl groups excluding tert-OH is 1. The van der Waals surface area contributed by atoms with Gasteiger partial charge in [0.15, 0.2) is 6.10 Å². The van der Waals surface area contributed by atoms with Crippen LogP contribution in [0.3, 0.4) is 0 Å². The van der Waals surface area contributed by atoms with Gasteiger partial charge in [0.05, 0.1) is 5.56 Å². The molecule has 1 heterocycles. The van der Waals surface area contributed by atoms with Crippen molar-refractivity contribution < 1.29 is 33.0 Å². The van der Waals surface area contributed by atoms with Crippen LogP contribution in [0.1, 0.15) is 22.8 Å². The highest BCUT2D eigenvalue weighted by Gasteiger charge is 2.31. The van der Waals surface area contributed by atoms with Crippen molar-refractivity contribution in [3.05, 3.63) is 71.4 Å². The predicted molar refractivity (Wildman–Crippen MR) is 98.0 cm³/mol. The van der Waals surface area contributed by atoms with Gasteiger partial charge < -0.3 is 20.5 Å². The Morgan fingerprint density at radius 3 is 2.34 bits per heavy atom. The number of aliphatic carboxylic acids is 1. The van der Waals surface area contributed by atoms with Crippen molar-refractivity contribution in [1.29, 1.82) is 0 Å². The summed E-state index contributed by atoms with van der Waals surface area (Å²) in [5, 5.41) is 22.6. The maximum absolute atomic E-state index is 12.6. The lowest BCUT2D eigenvalue weighted by Crippen LogP contribution is -2.44. The summed E-state index contributed by atoms with van der Waals surface area (Å²) < 4.78 is 37.9. The van der Waals surface area contributed by atoms with E-state index in [9.17, 15) is 33.0 Å². The van der Waals surface area contributed by atoms with Gasteiger partial charge >= 0.3 is 12.1 Å². The number of H-pyrrole nitrogens is 1. The highest BCUT2D eigenvalue weighted by atomic mass is 19.4. The molecule has 0 saturated carbocycles. The molecule has 1 aromatic heterocycles. The number of nitrogens with one attached hydrogen (secondary N) is 2. The van der Waals surface area contributed by atoms with Gasteiger partial charge in [0.2, 0.25) is 0 Å². The third-order valence-electron chi connectivity index (χ3n) is 4.52. The second-order valence-electron chi connectivity index (χ2n) is 6.49. The minimum absolute atomic E-state index is 0.0369. The van der Waals surface area contributed by atoms with Gasteiger partial charge in [-0.3, -0.25) is 4.79 Å². The molecule has 1 amide bonds. The number of carbonyl (C=O) groups is 2. The Labute approximate surface area is 163 Å². The first kappa shape index (κ1) is 20.4. The summed E-state index contributed by atoms with van der Waals surface area (Å²) in [7, 11) is 0. The number of amides is 1. The lowest BCUT2D eigenvalue weighted by atomic mass is 10.0. The predicted octanol–water partition coefficient (Wildman–Crippen LogP) is 3.03. The van der Waals surface area contributed by atoms with E-state index in [0.29, 0.717) is 5.56 Å². The Kier molecular flexibility index (Phi) is 5.60. The summed E-state index contributed by atoms with van der Waals surface area (Å²) in [6, 6.07) is 9.34. The van der Waals surface area contributed by atoms with Crippen molar-refractivity contribution in [3.8, 4) is 0 Å². The lowest BCUT2D eigenvalue weighted by molar-refractivity contribution is -0.143. The van der Waals surface area contributed by atoms with Crippen LogP contribution in [-0.4, -0.2) is 33.1 Å². The average molecular weight is 406 g/mol. The number of aromatic nitrogens is 1. The molecule has 0 unspecified atom stereocenters. The van der Waals surface area contributed by atoms with E-state index in [1.165, 1.54) is 0 Å². The number of carboxylic acids is 1. The molecule has 0 spiro atoms. The highest BCUT2D eigenvalue weighted by Crippen LogP contribution is 2.30. The number of rotatable bonds is 6. The average Bonchev–Trinajstić information content (AvgIpc) is 3.09. The van der Waals surface area contributed by atoms with E-state index in [1.54, 1.807) is 18.3 Å². The molecule has 0 aliphatic heterocycles. The first-order chi connectivity index (χ1) is 13.7. The maximum Gasteiger partial charge on any atom is 0.416 e. The van der Waals surface area contributed by atoms with Crippen molar-refractivity contribution in [2.24, 2.45) is 0 Å². The summed E-state index contributed by atoms with van der Waals surface area (Å²) in [4.78, 5) is 26.9. The van der Waals surface area contributed by atoms with Gasteiger partial charge in [-0.1, -0.05) is 30.3 Å². The molecule has 152 valence electrons. The van der Waals surface area contributed by atoms with Gasteiger partial charge in [-0.05, 0) is 29.3 Å². The number of aliphatic hydroxyl groups is 1. The Hall–Kier alpha value is -3.33. The van der Waals surface area contributed by atoms with Crippen LogP contribution in [0.5, 0.6) is 0 Å². The van der Waals surface area contributed by atoms with E-state index in [4.69, 9.17) is 0 Å². The van der Waals surface area contributed by atoms with Crippen molar-refractivity contribution in [2.45, 2.75) is 24.7 Å². The van der Waals surface area contributed by atoms with Gasteiger partial charge in [-0.15, -0.1) is 0 Å². The zero-order valence-electron chi connectivity index (χ0n) is 14.9. The Bertz CT molecular complexity index is 1030. The fourth-order valence-electron chi connectivity index (χ4n) is 2.98. The second kappa shape index (κ2) is 7.96. The SMILES string of the molecule is O=C(N[C@H](Cc1c[nH]c2ccccc12)C(=O)O)[C@@H](O)c1ccc(C(F)(F)F)cc1. The Morgan fingerprint density at radius 2 is 1.72 bits per heavy atom. The minimum Gasteiger partial charge on any atom is -0.480 e. The van der Waals surface area contributed by atoms with E-state index in [0.717, 1.165) is 35.2 Å². The summed E-state index contributed by atoms with van der Waals surface area (Å²) in [6.07, 6.45) is -4.74. The molecule has 0 fully saturated rings. The highest BCUT2D eigenvalue weighted by molar-refractivity contribution is 5.88. The minimum atomic E-state index is -4.54. The van der Waals surface area contributed by atoms with Gasteiger partial charge in [0, 0.05) is 23.5 Å². The van der Waals surface area contributed by atoms with Crippen LogP contribution in [0, 0.1) is 0 Å². The number of halogens is 3. The van der Waals surface area contributed by atoms with Crippen LogP contribution >= 0.6 is 0 Å². The number of carbonyl (C=O) groups excluding carboxylic acids is 1. The standard InChI is InChI=1S/C20H17F3N2O4/c21-20(22,23)13-7-5-11(6-8-13)17(26)18(27)25-16(19(28)29)9-12-10-24-15-4-2-1-3-14(12)15/h1-8,10,16-17,24,26H,9H2,(H,25,27)(H,28,29)/t16-,17+/m1/s1. The van der Waals surface area contributed by atoms with Crippen molar-refractivity contribution in [1.82, 2.24) is 10.3 Å². The molecule has 6 nitrogen and oxygen atoms in total. The smallest absolute Gasteiger partial charge is 0.416 e. The van der Waals surface area contributed by atoms with Crippen molar-refractivity contribution in [3.63, 3.8) is 0 Å². The topological polar surface area (TPSA) is 102 Å². The van der Waals surface area contributed by atoms with Crippen LogP contribution in [0.2, 0.25) is 0 Å². The van der Waals surface area contributed by atoms with Gasteiger partial charge in [0.25, 0.3) is 5.91 Å². The van der Waals surface area contributed by atoms with Gasteiger partial charge in [0.1, 0.15) is 6.04 Å². The zero-order valence-corrected chi connectivity index (χ0v) is 14.9. The van der Waals surface area contributed by atoms with Crippen molar-refractivity contribution in [2.75, 3.05) is 0 Å². The molecule has 0 saturated heterocycles. The Morgan fingerprint density at radius 1 is 1.07 bits per heavy atom. The number of carboxylic acid groups (broad SMARTS) is 1. The maximum atomic E-state index is 12.6. The van der Waals surface area contributed by atoms with Crippen LogP contribution < -0.4 is 5.32 Å². The monoisotopic (exact) mass is 406 g/mol. The number of fused-ring (bicyclic) bond motifs is 1. The fourth-order valence-corrected chi connectivity index (χ4v) is 2.98. The third-order valence-corrected chi connectivity index (χ3v) is 4.52. The first-order valence-corrected chi connectivity index (χ1v) is 8.60. The molecule has 0 bridgehead atoms. The van der Waals surface area contributed by atoms with E-state index in [-0.39, 0.29) is 12.0 Å². The molecular formula is C20H17F3N2O4.